The summed E-state index contributed by atoms with van der Waals surface area (Å²) in [7, 11) is -3.46. The van der Waals surface area contributed by atoms with Crippen molar-refractivity contribution in [2.75, 3.05) is 12.9 Å². The molecule has 1 N–H and O–H groups in total. The van der Waals surface area contributed by atoms with Crippen molar-refractivity contribution in [1.82, 2.24) is 4.90 Å². The summed E-state index contributed by atoms with van der Waals surface area (Å²) in [4.78, 5) is 26.2. The lowest BCUT2D eigenvalue weighted by molar-refractivity contribution is -0.142. The Kier molecular flexibility index (Phi) is 4.97. The number of nitrogens with zero attached hydrogens (tertiary/aromatic N) is 1. The van der Waals surface area contributed by atoms with Crippen LogP contribution in [-0.4, -0.2) is 43.3 Å². The van der Waals surface area contributed by atoms with Gasteiger partial charge in [0, 0.05) is 12.2 Å². The monoisotopic (exact) mass is 463 g/mol. The van der Waals surface area contributed by atoms with Gasteiger partial charge in [0.2, 0.25) is 0 Å². The second-order valence-electron chi connectivity index (χ2n) is 8.31. The molecular formula is C25H21NO6S. The van der Waals surface area contributed by atoms with Crippen molar-refractivity contribution in [3.05, 3.63) is 89.0 Å². The van der Waals surface area contributed by atoms with Gasteiger partial charge in [-0.05, 0) is 45.5 Å². The largest absolute Gasteiger partial charge is 0.479 e. The fourth-order valence-electron chi connectivity index (χ4n) is 4.77. The third kappa shape index (κ3) is 3.56. The van der Waals surface area contributed by atoms with Crippen LogP contribution in [0.4, 0.5) is 4.79 Å². The molecular weight excluding hydrogens is 442 g/mol. The summed E-state index contributed by atoms with van der Waals surface area (Å²) in [5.41, 5.74) is 5.19. The van der Waals surface area contributed by atoms with E-state index in [1.165, 1.54) is 18.2 Å². The molecule has 0 saturated heterocycles. The van der Waals surface area contributed by atoms with Gasteiger partial charge in [-0.15, -0.1) is 0 Å². The first-order chi connectivity index (χ1) is 15.8. The maximum Gasteiger partial charge on any atom is 0.411 e. The number of benzene rings is 3. The van der Waals surface area contributed by atoms with E-state index in [0.29, 0.717) is 11.1 Å². The van der Waals surface area contributed by atoms with Crippen molar-refractivity contribution in [3.8, 4) is 11.1 Å². The highest BCUT2D eigenvalue weighted by atomic mass is 32.2. The van der Waals surface area contributed by atoms with Gasteiger partial charge in [0.25, 0.3) is 0 Å². The molecule has 3 aromatic carbocycles. The maximum atomic E-state index is 13.0. The topological polar surface area (TPSA) is 101 Å². The highest BCUT2D eigenvalue weighted by Gasteiger charge is 2.40. The summed E-state index contributed by atoms with van der Waals surface area (Å²) in [6, 6.07) is 18.9. The summed E-state index contributed by atoms with van der Waals surface area (Å²) in [5, 5.41) is 9.78. The second-order valence-corrected chi connectivity index (χ2v) is 10.3. The van der Waals surface area contributed by atoms with Crippen LogP contribution in [0.3, 0.4) is 0 Å². The standard InChI is InChI=1S/C25H21NO6S/c1-33(30,31)16-10-11-17-15(12-16)13-26(23(17)24(27)28)25(29)32-14-22-20-8-4-2-6-18(20)19-7-3-5-9-21(19)22/h2-12,22-23H,13-14H2,1H3,(H,27,28). The lowest BCUT2D eigenvalue weighted by Gasteiger charge is -2.23. The van der Waals surface area contributed by atoms with E-state index in [4.69, 9.17) is 4.74 Å². The molecule has 0 fully saturated rings. The number of sulfone groups is 1. The number of carboxylic acids is 1. The van der Waals surface area contributed by atoms with E-state index in [1.807, 2.05) is 48.5 Å². The number of hydrogen-bond acceptors (Lipinski definition) is 5. The molecule has 7 nitrogen and oxygen atoms in total. The Morgan fingerprint density at radius 3 is 2.15 bits per heavy atom. The Morgan fingerprint density at radius 1 is 0.970 bits per heavy atom. The van der Waals surface area contributed by atoms with Crippen molar-refractivity contribution >= 4 is 21.9 Å². The van der Waals surface area contributed by atoms with Crippen LogP contribution >= 0.6 is 0 Å². The number of carboxylic acid groups (broad SMARTS) is 1. The zero-order chi connectivity index (χ0) is 23.3. The Labute approximate surface area is 191 Å². The molecule has 1 heterocycles. The molecule has 1 aliphatic carbocycles. The Morgan fingerprint density at radius 2 is 1.58 bits per heavy atom. The van der Waals surface area contributed by atoms with Gasteiger partial charge >= 0.3 is 12.1 Å². The Hall–Kier alpha value is -3.65. The number of hydrogen-bond donors (Lipinski definition) is 1. The Balaban J connectivity index is 1.39. The van der Waals surface area contributed by atoms with Crippen molar-refractivity contribution in [2.45, 2.75) is 23.4 Å². The van der Waals surface area contributed by atoms with E-state index in [1.54, 1.807) is 0 Å². The van der Waals surface area contributed by atoms with E-state index < -0.39 is 27.9 Å². The van der Waals surface area contributed by atoms with Crippen molar-refractivity contribution in [2.24, 2.45) is 0 Å². The van der Waals surface area contributed by atoms with Gasteiger partial charge in [-0.3, -0.25) is 4.90 Å². The zero-order valence-corrected chi connectivity index (χ0v) is 18.6. The van der Waals surface area contributed by atoms with Crippen LogP contribution in [0.5, 0.6) is 0 Å². The average Bonchev–Trinajstić information content (AvgIpc) is 3.33. The summed E-state index contributed by atoms with van der Waals surface area (Å²) >= 11 is 0. The summed E-state index contributed by atoms with van der Waals surface area (Å²) in [6.45, 7) is 0.0347. The van der Waals surface area contributed by atoms with Crippen LogP contribution < -0.4 is 0 Å². The highest BCUT2D eigenvalue weighted by Crippen LogP contribution is 2.45. The van der Waals surface area contributed by atoms with Crippen LogP contribution in [0.1, 0.15) is 34.2 Å². The number of aliphatic carboxylic acids is 1. The predicted octanol–water partition coefficient (Wildman–Crippen LogP) is 3.98. The number of carbonyl (C=O) groups is 2. The van der Waals surface area contributed by atoms with Gasteiger partial charge < -0.3 is 9.84 Å². The minimum atomic E-state index is -3.46. The molecule has 1 aliphatic heterocycles. The van der Waals surface area contributed by atoms with Crippen molar-refractivity contribution in [3.63, 3.8) is 0 Å². The third-order valence-electron chi connectivity index (χ3n) is 6.29. The van der Waals surface area contributed by atoms with E-state index in [9.17, 15) is 23.1 Å². The minimum absolute atomic E-state index is 0.0354. The molecule has 2 aliphatic rings. The Bertz CT molecular complexity index is 1350. The fraction of sp³-hybridized carbons (Fsp3) is 0.200. The highest BCUT2D eigenvalue weighted by molar-refractivity contribution is 7.90. The first-order valence-corrected chi connectivity index (χ1v) is 12.3. The number of rotatable bonds is 4. The van der Waals surface area contributed by atoms with E-state index in [0.717, 1.165) is 33.4 Å². The first kappa shape index (κ1) is 21.2. The minimum Gasteiger partial charge on any atom is -0.479 e. The lowest BCUT2D eigenvalue weighted by atomic mass is 9.98. The van der Waals surface area contributed by atoms with E-state index in [2.05, 4.69) is 0 Å². The van der Waals surface area contributed by atoms with Gasteiger partial charge in [-0.1, -0.05) is 54.6 Å². The third-order valence-corrected chi connectivity index (χ3v) is 7.40. The molecule has 1 amide bonds. The van der Waals surface area contributed by atoms with Crippen molar-refractivity contribution in [1.29, 1.82) is 0 Å². The normalized spacial score (nSPS) is 16.8. The lowest BCUT2D eigenvalue weighted by Crippen LogP contribution is -2.35. The SMILES string of the molecule is CS(=O)(=O)c1ccc2c(c1)CN(C(=O)OCC1c3ccccc3-c3ccccc31)C2C(=O)O. The second kappa shape index (κ2) is 7.74. The molecule has 1 atom stereocenters. The molecule has 0 spiro atoms. The maximum absolute atomic E-state index is 13.0. The fourth-order valence-corrected chi connectivity index (χ4v) is 5.44. The molecule has 0 bridgehead atoms. The van der Waals surface area contributed by atoms with E-state index >= 15 is 0 Å². The molecule has 1 unspecified atom stereocenters. The molecule has 0 saturated carbocycles. The van der Waals surface area contributed by atoms with Crippen LogP contribution in [0, 0.1) is 0 Å². The predicted molar refractivity (Wildman–Crippen MR) is 121 cm³/mol. The number of fused-ring (bicyclic) bond motifs is 4. The molecule has 5 rings (SSSR count). The first-order valence-electron chi connectivity index (χ1n) is 10.4. The number of carbonyl (C=O) groups excluding carboxylic acids is 1. The van der Waals surface area contributed by atoms with Crippen LogP contribution in [0.15, 0.2) is 71.6 Å². The zero-order valence-electron chi connectivity index (χ0n) is 17.8. The number of amides is 1. The smallest absolute Gasteiger partial charge is 0.411 e. The molecule has 3 aromatic rings. The number of ether oxygens (including phenoxy) is 1. The van der Waals surface area contributed by atoms with Crippen molar-refractivity contribution < 1.29 is 27.9 Å². The van der Waals surface area contributed by atoms with Gasteiger partial charge in [-0.25, -0.2) is 18.0 Å². The van der Waals surface area contributed by atoms with Crippen LogP contribution in [0.25, 0.3) is 11.1 Å². The molecule has 168 valence electrons. The quantitative estimate of drug-likeness (QED) is 0.628. The molecule has 8 heteroatoms. The molecule has 33 heavy (non-hydrogen) atoms. The summed E-state index contributed by atoms with van der Waals surface area (Å²) in [6.07, 6.45) is 0.336. The molecule has 0 aromatic heterocycles. The van der Waals surface area contributed by atoms with Gasteiger partial charge in [-0.2, -0.15) is 0 Å². The summed E-state index contributed by atoms with van der Waals surface area (Å²) < 4.78 is 29.4. The summed E-state index contributed by atoms with van der Waals surface area (Å²) in [5.74, 6) is -1.35. The van der Waals surface area contributed by atoms with Gasteiger partial charge in [0.15, 0.2) is 15.9 Å². The van der Waals surface area contributed by atoms with Gasteiger partial charge in [0.1, 0.15) is 6.61 Å². The molecule has 0 radical (unpaired) electrons. The average molecular weight is 464 g/mol. The van der Waals surface area contributed by atoms with E-state index in [-0.39, 0.29) is 24.0 Å². The van der Waals surface area contributed by atoms with Crippen LogP contribution in [-0.2, 0) is 25.9 Å². The van der Waals surface area contributed by atoms with Crippen LogP contribution in [0.2, 0.25) is 0 Å². The van der Waals surface area contributed by atoms with Gasteiger partial charge in [0.05, 0.1) is 11.4 Å².